The quantitative estimate of drug-likeness (QED) is 0.750. The summed E-state index contributed by atoms with van der Waals surface area (Å²) in [6.45, 7) is 4.40. The largest absolute Gasteiger partial charge is 0.304 e. The fourth-order valence-corrected chi connectivity index (χ4v) is 2.82. The van der Waals surface area contributed by atoms with E-state index in [4.69, 9.17) is 0 Å². The van der Waals surface area contributed by atoms with Crippen LogP contribution in [0.5, 0.6) is 0 Å². The maximum absolute atomic E-state index is 4.20. The highest BCUT2D eigenvalue weighted by Gasteiger charge is 2.13. The molecule has 106 valence electrons. The Balaban J connectivity index is 1.86. The van der Waals surface area contributed by atoms with E-state index in [-0.39, 0.29) is 12.1 Å². The van der Waals surface area contributed by atoms with E-state index in [1.807, 2.05) is 18.5 Å². The van der Waals surface area contributed by atoms with Gasteiger partial charge in [-0.25, -0.2) is 0 Å². The van der Waals surface area contributed by atoms with Crippen LogP contribution in [0.1, 0.15) is 37.1 Å². The topological polar surface area (TPSA) is 24.9 Å². The molecule has 1 aromatic heterocycles. The molecule has 2 nitrogen and oxygen atoms in total. The molecule has 0 aliphatic carbocycles. The monoisotopic (exact) mass is 276 g/mol. The van der Waals surface area contributed by atoms with Crippen LogP contribution >= 0.6 is 0 Å². The number of aromatic nitrogens is 1. The van der Waals surface area contributed by atoms with Crippen LogP contribution in [0.15, 0.2) is 67.0 Å². The Morgan fingerprint density at radius 1 is 0.857 bits per heavy atom. The smallest absolute Gasteiger partial charge is 0.0315 e. The molecule has 0 amide bonds. The summed E-state index contributed by atoms with van der Waals surface area (Å²) in [5, 5.41) is 6.27. The van der Waals surface area contributed by atoms with E-state index in [2.05, 4.69) is 72.7 Å². The number of pyridine rings is 1. The molecule has 0 saturated carbocycles. The molecular weight excluding hydrogens is 256 g/mol. The van der Waals surface area contributed by atoms with Gasteiger partial charge in [0, 0.05) is 24.5 Å². The Kier molecular flexibility index (Phi) is 3.98. The van der Waals surface area contributed by atoms with Gasteiger partial charge < -0.3 is 5.32 Å². The van der Waals surface area contributed by atoms with Crippen LogP contribution in [0.25, 0.3) is 10.8 Å². The van der Waals surface area contributed by atoms with Gasteiger partial charge >= 0.3 is 0 Å². The van der Waals surface area contributed by atoms with E-state index in [9.17, 15) is 0 Å². The summed E-state index contributed by atoms with van der Waals surface area (Å²) in [4.78, 5) is 4.20. The molecule has 2 heteroatoms. The molecule has 0 aliphatic heterocycles. The van der Waals surface area contributed by atoms with Crippen molar-refractivity contribution in [2.45, 2.75) is 25.9 Å². The first kappa shape index (κ1) is 13.8. The lowest BCUT2D eigenvalue weighted by atomic mass is 9.98. The highest BCUT2D eigenvalue weighted by atomic mass is 14.9. The molecule has 0 bridgehead atoms. The number of hydrogen-bond donors (Lipinski definition) is 1. The molecule has 3 aromatic rings. The van der Waals surface area contributed by atoms with E-state index in [0.717, 1.165) is 0 Å². The molecule has 2 atom stereocenters. The Morgan fingerprint density at radius 3 is 2.48 bits per heavy atom. The van der Waals surface area contributed by atoms with Gasteiger partial charge in [0.15, 0.2) is 0 Å². The third-order valence-electron chi connectivity index (χ3n) is 3.97. The van der Waals surface area contributed by atoms with Crippen molar-refractivity contribution in [1.29, 1.82) is 0 Å². The van der Waals surface area contributed by atoms with Crippen molar-refractivity contribution in [2.24, 2.45) is 0 Å². The zero-order valence-electron chi connectivity index (χ0n) is 12.5. The average Bonchev–Trinajstić information content (AvgIpc) is 2.55. The molecule has 21 heavy (non-hydrogen) atoms. The molecular formula is C19H20N2. The lowest BCUT2D eigenvalue weighted by Gasteiger charge is -2.21. The van der Waals surface area contributed by atoms with Crippen LogP contribution in [-0.4, -0.2) is 4.98 Å². The van der Waals surface area contributed by atoms with Crippen molar-refractivity contribution in [3.63, 3.8) is 0 Å². The van der Waals surface area contributed by atoms with Crippen LogP contribution in [0, 0.1) is 0 Å². The summed E-state index contributed by atoms with van der Waals surface area (Å²) in [7, 11) is 0. The van der Waals surface area contributed by atoms with Crippen molar-refractivity contribution in [3.05, 3.63) is 78.1 Å². The highest BCUT2D eigenvalue weighted by Crippen LogP contribution is 2.26. The molecule has 1 N–H and O–H groups in total. The summed E-state index contributed by atoms with van der Waals surface area (Å²) < 4.78 is 0. The van der Waals surface area contributed by atoms with Gasteiger partial charge in [-0.15, -0.1) is 0 Å². The fraction of sp³-hybridized carbons (Fsp3) is 0.211. The maximum Gasteiger partial charge on any atom is 0.0315 e. The van der Waals surface area contributed by atoms with Crippen molar-refractivity contribution in [2.75, 3.05) is 0 Å². The highest BCUT2D eigenvalue weighted by molar-refractivity contribution is 5.86. The summed E-state index contributed by atoms with van der Waals surface area (Å²) in [6, 6.07) is 19.7. The van der Waals surface area contributed by atoms with Crippen molar-refractivity contribution in [1.82, 2.24) is 10.3 Å². The van der Waals surface area contributed by atoms with Gasteiger partial charge in [-0.3, -0.25) is 4.98 Å². The molecule has 0 fully saturated rings. The van der Waals surface area contributed by atoms with E-state index < -0.39 is 0 Å². The van der Waals surface area contributed by atoms with Gasteiger partial charge in [0.1, 0.15) is 0 Å². The fourth-order valence-electron chi connectivity index (χ4n) is 2.82. The second-order valence-corrected chi connectivity index (χ2v) is 5.46. The van der Waals surface area contributed by atoms with Crippen LogP contribution in [0.3, 0.4) is 0 Å². The van der Waals surface area contributed by atoms with Crippen molar-refractivity contribution < 1.29 is 0 Å². The van der Waals surface area contributed by atoms with E-state index in [0.29, 0.717) is 0 Å². The van der Waals surface area contributed by atoms with Gasteiger partial charge in [0.05, 0.1) is 0 Å². The van der Waals surface area contributed by atoms with Crippen molar-refractivity contribution >= 4 is 10.8 Å². The van der Waals surface area contributed by atoms with Crippen LogP contribution < -0.4 is 5.32 Å². The number of nitrogens with one attached hydrogen (secondary N) is 1. The van der Waals surface area contributed by atoms with Gasteiger partial charge in [0.2, 0.25) is 0 Å². The Labute approximate surface area is 125 Å². The number of nitrogens with zero attached hydrogens (tertiary/aromatic N) is 1. The van der Waals surface area contributed by atoms with Gasteiger partial charge in [0.25, 0.3) is 0 Å². The molecule has 0 saturated heterocycles. The average molecular weight is 276 g/mol. The maximum atomic E-state index is 4.20. The van der Waals surface area contributed by atoms with Gasteiger partial charge in [-0.05, 0) is 41.8 Å². The first-order chi connectivity index (χ1) is 10.3. The summed E-state index contributed by atoms with van der Waals surface area (Å²) in [5.41, 5.74) is 2.55. The first-order valence-corrected chi connectivity index (χ1v) is 7.39. The third kappa shape index (κ3) is 2.96. The Bertz CT molecular complexity index is 716. The zero-order valence-corrected chi connectivity index (χ0v) is 12.5. The number of rotatable bonds is 4. The standard InChI is InChI=1S/C19H20N2/c1-14(17-9-6-12-20-13-17)21-15(2)18-11-5-8-16-7-3-4-10-19(16)18/h3-15,21H,1-2H3/t14-,15+/m1/s1. The molecule has 0 aliphatic rings. The number of fused-ring (bicyclic) bond motifs is 1. The Morgan fingerprint density at radius 2 is 1.67 bits per heavy atom. The summed E-state index contributed by atoms with van der Waals surface area (Å²) >= 11 is 0. The normalized spacial score (nSPS) is 14.0. The van der Waals surface area contributed by atoms with Gasteiger partial charge in [-0.1, -0.05) is 48.5 Å². The lowest BCUT2D eigenvalue weighted by molar-refractivity contribution is 0.496. The molecule has 2 aromatic carbocycles. The predicted molar refractivity (Wildman–Crippen MR) is 88.2 cm³/mol. The lowest BCUT2D eigenvalue weighted by Crippen LogP contribution is -2.22. The number of hydrogen-bond acceptors (Lipinski definition) is 2. The summed E-state index contributed by atoms with van der Waals surface area (Å²) in [6.07, 6.45) is 3.73. The molecule has 0 spiro atoms. The number of benzene rings is 2. The van der Waals surface area contributed by atoms with Gasteiger partial charge in [-0.2, -0.15) is 0 Å². The molecule has 0 unspecified atom stereocenters. The minimum Gasteiger partial charge on any atom is -0.304 e. The van der Waals surface area contributed by atoms with Crippen molar-refractivity contribution in [3.8, 4) is 0 Å². The first-order valence-electron chi connectivity index (χ1n) is 7.39. The van der Waals surface area contributed by atoms with E-state index >= 15 is 0 Å². The van der Waals surface area contributed by atoms with Crippen LogP contribution in [0.2, 0.25) is 0 Å². The minimum atomic E-state index is 0.271. The SMILES string of the molecule is C[C@H](N[C@H](C)c1cccnc1)c1cccc2ccccc12. The predicted octanol–water partition coefficient (Wildman–Crippen LogP) is 4.65. The van der Waals surface area contributed by atoms with Crippen LogP contribution in [0.4, 0.5) is 0 Å². The second-order valence-electron chi connectivity index (χ2n) is 5.46. The molecule has 1 heterocycles. The second kappa shape index (κ2) is 6.06. The third-order valence-corrected chi connectivity index (χ3v) is 3.97. The molecule has 0 radical (unpaired) electrons. The Hall–Kier alpha value is -2.19. The van der Waals surface area contributed by atoms with Crippen LogP contribution in [-0.2, 0) is 0 Å². The van der Waals surface area contributed by atoms with E-state index in [1.54, 1.807) is 0 Å². The molecule has 3 rings (SSSR count). The summed E-state index contributed by atoms with van der Waals surface area (Å²) in [5.74, 6) is 0. The van der Waals surface area contributed by atoms with E-state index in [1.165, 1.54) is 21.9 Å². The minimum absolute atomic E-state index is 0.271. The zero-order chi connectivity index (χ0) is 14.7.